The summed E-state index contributed by atoms with van der Waals surface area (Å²) >= 11 is 0. The molecule has 0 fully saturated rings. The maximum atomic E-state index is 11.1. The van der Waals surface area contributed by atoms with Crippen molar-refractivity contribution in [2.75, 3.05) is 11.1 Å². The molecular formula is C17H20N2O. The summed E-state index contributed by atoms with van der Waals surface area (Å²) in [5, 5.41) is 2.83. The summed E-state index contributed by atoms with van der Waals surface area (Å²) in [7, 11) is 0. The molecule has 0 spiro atoms. The largest absolute Gasteiger partial charge is 0.399 e. The number of carbonyl (C=O) groups excluding carboxylic acids is 1. The lowest BCUT2D eigenvalue weighted by atomic mass is 10.0. The van der Waals surface area contributed by atoms with Gasteiger partial charge < -0.3 is 11.1 Å². The number of carbonyl (C=O) groups is 1. The molecule has 0 unspecified atom stereocenters. The molecule has 2 rings (SSSR count). The maximum Gasteiger partial charge on any atom is 0.221 e. The van der Waals surface area contributed by atoms with Gasteiger partial charge in [0.25, 0.3) is 0 Å². The Kier molecular flexibility index (Phi) is 4.08. The Bertz CT molecular complexity index is 647. The third kappa shape index (κ3) is 3.38. The molecule has 0 atom stereocenters. The monoisotopic (exact) mass is 268 g/mol. The van der Waals surface area contributed by atoms with Crippen LogP contribution in [0.4, 0.5) is 11.4 Å². The number of aryl methyl sites for hydroxylation is 2. The minimum absolute atomic E-state index is 0.0463. The molecule has 1 amide bonds. The molecule has 20 heavy (non-hydrogen) atoms. The van der Waals surface area contributed by atoms with Crippen LogP contribution in [0.1, 0.15) is 29.2 Å². The van der Waals surface area contributed by atoms with Crippen molar-refractivity contribution in [2.45, 2.75) is 27.2 Å². The Labute approximate surface area is 119 Å². The Morgan fingerprint density at radius 2 is 1.65 bits per heavy atom. The maximum absolute atomic E-state index is 11.1. The first-order valence-corrected chi connectivity index (χ1v) is 6.68. The van der Waals surface area contributed by atoms with Gasteiger partial charge in [0, 0.05) is 18.3 Å². The fourth-order valence-electron chi connectivity index (χ4n) is 2.25. The molecule has 104 valence electrons. The van der Waals surface area contributed by atoms with Gasteiger partial charge in [-0.15, -0.1) is 0 Å². The lowest BCUT2D eigenvalue weighted by molar-refractivity contribution is -0.114. The molecule has 0 bridgehead atoms. The van der Waals surface area contributed by atoms with Gasteiger partial charge in [-0.1, -0.05) is 24.3 Å². The highest BCUT2D eigenvalue weighted by Gasteiger charge is 2.03. The van der Waals surface area contributed by atoms with Gasteiger partial charge in [0.2, 0.25) is 5.91 Å². The van der Waals surface area contributed by atoms with Crippen LogP contribution in [-0.2, 0) is 11.2 Å². The van der Waals surface area contributed by atoms with E-state index in [1.807, 2.05) is 32.0 Å². The average Bonchev–Trinajstić information content (AvgIpc) is 2.37. The van der Waals surface area contributed by atoms with Crippen molar-refractivity contribution in [3.8, 4) is 0 Å². The Hall–Kier alpha value is -2.29. The zero-order valence-electron chi connectivity index (χ0n) is 12.2. The van der Waals surface area contributed by atoms with Gasteiger partial charge >= 0.3 is 0 Å². The highest BCUT2D eigenvalue weighted by molar-refractivity contribution is 5.89. The third-order valence-corrected chi connectivity index (χ3v) is 3.34. The lowest BCUT2D eigenvalue weighted by Gasteiger charge is -2.10. The van der Waals surface area contributed by atoms with Crippen LogP contribution in [0.5, 0.6) is 0 Å². The van der Waals surface area contributed by atoms with Crippen LogP contribution in [0.15, 0.2) is 36.4 Å². The molecule has 0 aromatic heterocycles. The summed E-state index contributed by atoms with van der Waals surface area (Å²) in [6.07, 6.45) is 0.863. The van der Waals surface area contributed by atoms with Crippen molar-refractivity contribution < 1.29 is 4.79 Å². The van der Waals surface area contributed by atoms with Crippen LogP contribution in [0.2, 0.25) is 0 Å². The minimum atomic E-state index is -0.0463. The normalized spacial score (nSPS) is 10.3. The molecule has 3 N–H and O–H groups in total. The summed E-state index contributed by atoms with van der Waals surface area (Å²) in [5.41, 5.74) is 12.2. The molecule has 0 radical (unpaired) electrons. The summed E-state index contributed by atoms with van der Waals surface area (Å²) in [6.45, 7) is 5.54. The van der Waals surface area contributed by atoms with Crippen molar-refractivity contribution in [3.63, 3.8) is 0 Å². The third-order valence-electron chi connectivity index (χ3n) is 3.34. The van der Waals surface area contributed by atoms with E-state index in [4.69, 9.17) is 5.73 Å². The number of hydrogen-bond donors (Lipinski definition) is 2. The van der Waals surface area contributed by atoms with E-state index in [1.165, 1.54) is 18.1 Å². The van der Waals surface area contributed by atoms with Gasteiger partial charge in [-0.2, -0.15) is 0 Å². The highest BCUT2D eigenvalue weighted by Crippen LogP contribution is 2.20. The SMILES string of the molecule is CC(=O)Nc1ccc(Cc2ccc(N)c(C)c2)cc1C. The fourth-order valence-corrected chi connectivity index (χ4v) is 2.25. The van der Waals surface area contributed by atoms with Crippen LogP contribution in [-0.4, -0.2) is 5.91 Å². The number of rotatable bonds is 3. The van der Waals surface area contributed by atoms with Gasteiger partial charge in [-0.05, 0) is 54.7 Å². The van der Waals surface area contributed by atoms with Gasteiger partial charge in [0.1, 0.15) is 0 Å². The van der Waals surface area contributed by atoms with E-state index >= 15 is 0 Å². The molecule has 2 aromatic carbocycles. The van der Waals surface area contributed by atoms with Crippen LogP contribution >= 0.6 is 0 Å². The minimum Gasteiger partial charge on any atom is -0.399 e. The van der Waals surface area contributed by atoms with Crippen LogP contribution in [0.3, 0.4) is 0 Å². The number of hydrogen-bond acceptors (Lipinski definition) is 2. The molecule has 0 saturated heterocycles. The van der Waals surface area contributed by atoms with E-state index in [0.717, 1.165) is 28.9 Å². The summed E-state index contributed by atoms with van der Waals surface area (Å²) in [5.74, 6) is -0.0463. The molecule has 0 heterocycles. The average molecular weight is 268 g/mol. The topological polar surface area (TPSA) is 55.1 Å². The first kappa shape index (κ1) is 14.1. The van der Waals surface area contributed by atoms with Gasteiger partial charge in [0.15, 0.2) is 0 Å². The van der Waals surface area contributed by atoms with Gasteiger partial charge in [-0.3, -0.25) is 4.79 Å². The Morgan fingerprint density at radius 1 is 1.05 bits per heavy atom. The van der Waals surface area contributed by atoms with E-state index in [9.17, 15) is 4.79 Å². The molecule has 0 aliphatic heterocycles. The Morgan fingerprint density at radius 3 is 2.20 bits per heavy atom. The van der Waals surface area contributed by atoms with Crippen LogP contribution in [0.25, 0.3) is 0 Å². The predicted molar refractivity (Wildman–Crippen MR) is 83.9 cm³/mol. The summed E-state index contributed by atoms with van der Waals surface area (Å²) in [6, 6.07) is 12.2. The molecule has 0 aliphatic carbocycles. The lowest BCUT2D eigenvalue weighted by Crippen LogP contribution is -2.07. The van der Waals surface area contributed by atoms with Crippen molar-refractivity contribution >= 4 is 17.3 Å². The second-order valence-corrected chi connectivity index (χ2v) is 5.20. The quantitative estimate of drug-likeness (QED) is 0.838. The predicted octanol–water partition coefficient (Wildman–Crippen LogP) is 3.43. The van der Waals surface area contributed by atoms with Crippen molar-refractivity contribution in [1.29, 1.82) is 0 Å². The number of anilines is 2. The molecule has 2 aromatic rings. The number of nitrogen functional groups attached to an aromatic ring is 1. The van der Waals surface area contributed by atoms with Crippen molar-refractivity contribution in [3.05, 3.63) is 58.7 Å². The van der Waals surface area contributed by atoms with Gasteiger partial charge in [0.05, 0.1) is 0 Å². The van der Waals surface area contributed by atoms with E-state index < -0.39 is 0 Å². The number of nitrogens with one attached hydrogen (secondary N) is 1. The smallest absolute Gasteiger partial charge is 0.221 e. The van der Waals surface area contributed by atoms with Crippen molar-refractivity contribution in [1.82, 2.24) is 0 Å². The zero-order valence-corrected chi connectivity index (χ0v) is 12.2. The first-order valence-electron chi connectivity index (χ1n) is 6.68. The second-order valence-electron chi connectivity index (χ2n) is 5.20. The van der Waals surface area contributed by atoms with Crippen LogP contribution < -0.4 is 11.1 Å². The van der Waals surface area contributed by atoms with Gasteiger partial charge in [-0.25, -0.2) is 0 Å². The number of benzene rings is 2. The van der Waals surface area contributed by atoms with E-state index in [1.54, 1.807) is 0 Å². The second kappa shape index (κ2) is 5.78. The molecule has 3 nitrogen and oxygen atoms in total. The molecule has 3 heteroatoms. The number of nitrogens with two attached hydrogens (primary N) is 1. The standard InChI is InChI=1S/C17H20N2O/c1-11-8-14(4-6-16(11)18)10-15-5-7-17(12(2)9-15)19-13(3)20/h4-9H,10,18H2,1-3H3,(H,19,20). The molecular weight excluding hydrogens is 248 g/mol. The zero-order chi connectivity index (χ0) is 14.7. The first-order chi connectivity index (χ1) is 9.45. The van der Waals surface area contributed by atoms with E-state index in [2.05, 4.69) is 23.5 Å². The van der Waals surface area contributed by atoms with Crippen LogP contribution in [0, 0.1) is 13.8 Å². The van der Waals surface area contributed by atoms with Crippen molar-refractivity contribution in [2.24, 2.45) is 0 Å². The summed E-state index contributed by atoms with van der Waals surface area (Å²) in [4.78, 5) is 11.1. The number of amides is 1. The fraction of sp³-hybridized carbons (Fsp3) is 0.235. The molecule has 0 aliphatic rings. The Balaban J connectivity index is 2.19. The molecule has 0 saturated carbocycles. The highest BCUT2D eigenvalue weighted by atomic mass is 16.1. The van der Waals surface area contributed by atoms with E-state index in [-0.39, 0.29) is 5.91 Å². The summed E-state index contributed by atoms with van der Waals surface area (Å²) < 4.78 is 0. The van der Waals surface area contributed by atoms with E-state index in [0.29, 0.717) is 0 Å².